The van der Waals surface area contributed by atoms with Crippen molar-refractivity contribution in [2.45, 2.75) is 13.1 Å². The second-order valence-corrected chi connectivity index (χ2v) is 3.74. The third-order valence-corrected chi connectivity index (χ3v) is 2.33. The minimum Gasteiger partial charge on any atom is -0.309 e. The fourth-order valence-corrected chi connectivity index (χ4v) is 1.56. The van der Waals surface area contributed by atoms with E-state index in [1.165, 1.54) is 12.1 Å². The van der Waals surface area contributed by atoms with Crippen LogP contribution in [0.2, 0.25) is 0 Å². The molecular weight excluding hydrogens is 222 g/mol. The third-order valence-electron chi connectivity index (χ3n) is 2.33. The molecule has 0 radical (unpaired) electrons. The molecule has 0 aliphatic carbocycles. The van der Waals surface area contributed by atoms with Crippen molar-refractivity contribution in [3.63, 3.8) is 0 Å². The van der Waals surface area contributed by atoms with Gasteiger partial charge < -0.3 is 5.32 Å². The number of hydrogen-bond acceptors (Lipinski definition) is 2. The zero-order valence-electron chi connectivity index (χ0n) is 9.16. The van der Waals surface area contributed by atoms with Crippen molar-refractivity contribution in [3.8, 4) is 0 Å². The zero-order valence-corrected chi connectivity index (χ0v) is 9.16. The van der Waals surface area contributed by atoms with E-state index in [-0.39, 0.29) is 0 Å². The molecule has 2 nitrogen and oxygen atoms in total. The molecular formula is C13H12F2N2. The molecule has 17 heavy (non-hydrogen) atoms. The summed E-state index contributed by atoms with van der Waals surface area (Å²) in [4.78, 5) is 3.91. The van der Waals surface area contributed by atoms with E-state index < -0.39 is 11.6 Å². The summed E-state index contributed by atoms with van der Waals surface area (Å²) in [6.45, 7) is 1.07. The molecule has 1 aromatic heterocycles. The number of nitrogens with one attached hydrogen (secondary N) is 1. The fourth-order valence-electron chi connectivity index (χ4n) is 1.56. The van der Waals surface area contributed by atoms with Crippen LogP contribution in [0.5, 0.6) is 0 Å². The molecule has 88 valence electrons. The van der Waals surface area contributed by atoms with E-state index in [1.807, 2.05) is 12.1 Å². The van der Waals surface area contributed by atoms with Crippen LogP contribution in [-0.2, 0) is 13.1 Å². The van der Waals surface area contributed by atoms with Crippen LogP contribution >= 0.6 is 0 Å². The Balaban J connectivity index is 1.90. The van der Waals surface area contributed by atoms with E-state index in [9.17, 15) is 8.78 Å². The summed E-state index contributed by atoms with van der Waals surface area (Å²) >= 11 is 0. The minimum absolute atomic E-state index is 0.428. The van der Waals surface area contributed by atoms with Gasteiger partial charge in [-0.15, -0.1) is 0 Å². The van der Waals surface area contributed by atoms with Gasteiger partial charge in [0.2, 0.25) is 0 Å². The topological polar surface area (TPSA) is 24.9 Å². The molecule has 0 atom stereocenters. The van der Waals surface area contributed by atoms with Crippen molar-refractivity contribution >= 4 is 0 Å². The zero-order chi connectivity index (χ0) is 12.1. The first kappa shape index (κ1) is 11.7. The Morgan fingerprint density at radius 3 is 2.12 bits per heavy atom. The highest BCUT2D eigenvalue weighted by atomic mass is 19.1. The maximum absolute atomic E-state index is 12.9. The number of nitrogens with zero attached hydrogens (tertiary/aromatic N) is 1. The van der Waals surface area contributed by atoms with E-state index in [0.29, 0.717) is 18.7 Å². The Hall–Kier alpha value is -1.81. The highest BCUT2D eigenvalue weighted by Crippen LogP contribution is 2.07. The summed E-state index contributed by atoms with van der Waals surface area (Å²) in [6.07, 6.45) is 3.41. The van der Waals surface area contributed by atoms with Crippen LogP contribution in [0.25, 0.3) is 0 Å². The Labute approximate surface area is 98.3 Å². The van der Waals surface area contributed by atoms with Gasteiger partial charge in [0.05, 0.1) is 0 Å². The number of benzene rings is 1. The summed E-state index contributed by atoms with van der Waals surface area (Å²) in [5.41, 5.74) is 1.67. The molecule has 4 heteroatoms. The van der Waals surface area contributed by atoms with E-state index in [4.69, 9.17) is 0 Å². The van der Waals surface area contributed by atoms with Crippen molar-refractivity contribution in [2.75, 3.05) is 0 Å². The molecule has 0 fully saturated rings. The van der Waals surface area contributed by atoms with Crippen LogP contribution in [0.4, 0.5) is 8.78 Å². The van der Waals surface area contributed by atoms with Crippen molar-refractivity contribution in [1.29, 1.82) is 0 Å². The molecule has 0 saturated heterocycles. The van der Waals surface area contributed by atoms with E-state index in [1.54, 1.807) is 12.4 Å². The standard InChI is InChI=1S/C13H12F2N2/c14-12-5-11(6-13(15)7-12)9-17-8-10-1-3-16-4-2-10/h1-7,17H,8-9H2. The highest BCUT2D eigenvalue weighted by Gasteiger charge is 2.00. The summed E-state index contributed by atoms with van der Waals surface area (Å²) in [5, 5.41) is 3.11. The van der Waals surface area contributed by atoms with Gasteiger partial charge in [0.25, 0.3) is 0 Å². The first-order valence-electron chi connectivity index (χ1n) is 5.28. The van der Waals surface area contributed by atoms with Gasteiger partial charge in [0.15, 0.2) is 0 Å². The van der Waals surface area contributed by atoms with Gasteiger partial charge in [-0.2, -0.15) is 0 Å². The second kappa shape index (κ2) is 5.50. The molecule has 0 unspecified atom stereocenters. The molecule has 0 aliphatic rings. The molecule has 0 bridgehead atoms. The molecule has 0 aliphatic heterocycles. The average Bonchev–Trinajstić information content (AvgIpc) is 2.29. The number of aromatic nitrogens is 1. The first-order chi connectivity index (χ1) is 8.24. The molecule has 0 spiro atoms. The molecule has 0 saturated carbocycles. The van der Waals surface area contributed by atoms with Crippen molar-refractivity contribution in [3.05, 3.63) is 65.5 Å². The van der Waals surface area contributed by atoms with Crippen molar-refractivity contribution < 1.29 is 8.78 Å². The predicted molar refractivity (Wildman–Crippen MR) is 61.1 cm³/mol. The van der Waals surface area contributed by atoms with Gasteiger partial charge >= 0.3 is 0 Å². The lowest BCUT2D eigenvalue weighted by Gasteiger charge is -2.05. The molecule has 1 aromatic carbocycles. The molecule has 1 N–H and O–H groups in total. The maximum atomic E-state index is 12.9. The van der Waals surface area contributed by atoms with Gasteiger partial charge in [-0.25, -0.2) is 8.78 Å². The van der Waals surface area contributed by atoms with Gasteiger partial charge in [0, 0.05) is 31.5 Å². The van der Waals surface area contributed by atoms with E-state index in [2.05, 4.69) is 10.3 Å². The Bertz CT molecular complexity index is 466. The van der Waals surface area contributed by atoms with Gasteiger partial charge in [-0.3, -0.25) is 4.98 Å². The van der Waals surface area contributed by atoms with Crippen LogP contribution in [0.3, 0.4) is 0 Å². The van der Waals surface area contributed by atoms with E-state index in [0.717, 1.165) is 11.6 Å². The summed E-state index contributed by atoms with van der Waals surface area (Å²) in [5.74, 6) is -1.10. The molecule has 0 amide bonds. The van der Waals surface area contributed by atoms with Crippen molar-refractivity contribution in [1.82, 2.24) is 10.3 Å². The normalized spacial score (nSPS) is 10.5. The smallest absolute Gasteiger partial charge is 0.126 e. The van der Waals surface area contributed by atoms with Crippen LogP contribution in [0, 0.1) is 11.6 Å². The Morgan fingerprint density at radius 2 is 1.47 bits per heavy atom. The number of rotatable bonds is 4. The highest BCUT2D eigenvalue weighted by molar-refractivity contribution is 5.18. The maximum Gasteiger partial charge on any atom is 0.126 e. The van der Waals surface area contributed by atoms with Gasteiger partial charge in [0.1, 0.15) is 11.6 Å². The third kappa shape index (κ3) is 3.60. The van der Waals surface area contributed by atoms with Gasteiger partial charge in [-0.1, -0.05) is 0 Å². The first-order valence-corrected chi connectivity index (χ1v) is 5.28. The second-order valence-electron chi connectivity index (χ2n) is 3.74. The molecule has 2 rings (SSSR count). The summed E-state index contributed by atoms with van der Waals surface area (Å²) in [6, 6.07) is 7.29. The Morgan fingerprint density at radius 1 is 0.882 bits per heavy atom. The Kier molecular flexibility index (Phi) is 3.77. The summed E-state index contributed by atoms with van der Waals surface area (Å²) < 4.78 is 25.8. The number of pyridine rings is 1. The number of halogens is 2. The minimum atomic E-state index is -0.550. The van der Waals surface area contributed by atoms with Gasteiger partial charge in [-0.05, 0) is 35.4 Å². The monoisotopic (exact) mass is 234 g/mol. The fraction of sp³-hybridized carbons (Fsp3) is 0.154. The largest absolute Gasteiger partial charge is 0.309 e. The van der Waals surface area contributed by atoms with Crippen molar-refractivity contribution in [2.24, 2.45) is 0 Å². The molecule has 2 aromatic rings. The lowest BCUT2D eigenvalue weighted by Crippen LogP contribution is -2.12. The van der Waals surface area contributed by atoms with Crippen LogP contribution in [0.1, 0.15) is 11.1 Å². The summed E-state index contributed by atoms with van der Waals surface area (Å²) in [7, 11) is 0. The van der Waals surface area contributed by atoms with Crippen LogP contribution in [-0.4, -0.2) is 4.98 Å². The molecule has 1 heterocycles. The van der Waals surface area contributed by atoms with Crippen LogP contribution < -0.4 is 5.32 Å². The predicted octanol–water partition coefficient (Wildman–Crippen LogP) is 2.65. The SMILES string of the molecule is Fc1cc(F)cc(CNCc2ccncc2)c1. The van der Waals surface area contributed by atoms with Crippen LogP contribution in [0.15, 0.2) is 42.7 Å². The lowest BCUT2D eigenvalue weighted by molar-refractivity contribution is 0.575. The average molecular weight is 234 g/mol. The van der Waals surface area contributed by atoms with E-state index >= 15 is 0 Å². The quantitative estimate of drug-likeness (QED) is 0.879. The lowest BCUT2D eigenvalue weighted by atomic mass is 10.2. The number of hydrogen-bond donors (Lipinski definition) is 1.